The number of hydrogen-bond acceptors (Lipinski definition) is 4. The fourth-order valence-electron chi connectivity index (χ4n) is 0.845. The van der Waals surface area contributed by atoms with Gasteiger partial charge in [0.05, 0.1) is 6.20 Å². The van der Waals surface area contributed by atoms with Crippen molar-refractivity contribution in [3.05, 3.63) is 17.7 Å². The predicted octanol–water partition coefficient (Wildman–Crippen LogP) is 1.26. The topological polar surface area (TPSA) is 78.1 Å². The van der Waals surface area contributed by atoms with Crippen LogP contribution in [0.4, 0.5) is 18.0 Å². The summed E-state index contributed by atoms with van der Waals surface area (Å²) in [4.78, 5) is 16.9. The standard InChI is InChI=1S/C7H6F3N3O2/c1-3-12-2-4(15-6(11)14)5(13-3)7(8,9)10/h2H,1H3,(H2,11,14). The normalized spacial score (nSPS) is 11.2. The van der Waals surface area contributed by atoms with E-state index < -0.39 is 23.7 Å². The van der Waals surface area contributed by atoms with Gasteiger partial charge in [-0.3, -0.25) is 0 Å². The molecule has 0 aliphatic heterocycles. The summed E-state index contributed by atoms with van der Waals surface area (Å²) in [6, 6.07) is 0. The van der Waals surface area contributed by atoms with Crippen molar-refractivity contribution in [1.82, 2.24) is 9.97 Å². The van der Waals surface area contributed by atoms with Crippen molar-refractivity contribution in [2.45, 2.75) is 13.1 Å². The molecule has 15 heavy (non-hydrogen) atoms. The highest BCUT2D eigenvalue weighted by Gasteiger charge is 2.37. The van der Waals surface area contributed by atoms with Gasteiger partial charge >= 0.3 is 12.3 Å². The number of carbonyl (C=O) groups is 1. The molecule has 0 fully saturated rings. The second-order valence-corrected chi connectivity index (χ2v) is 2.55. The van der Waals surface area contributed by atoms with Gasteiger partial charge in [-0.05, 0) is 6.92 Å². The average molecular weight is 221 g/mol. The number of nitrogens with zero attached hydrogens (tertiary/aromatic N) is 2. The lowest BCUT2D eigenvalue weighted by Crippen LogP contribution is -2.20. The summed E-state index contributed by atoms with van der Waals surface area (Å²) in [7, 11) is 0. The van der Waals surface area contributed by atoms with Crippen LogP contribution >= 0.6 is 0 Å². The Morgan fingerprint density at radius 1 is 1.53 bits per heavy atom. The van der Waals surface area contributed by atoms with Crippen molar-refractivity contribution in [3.8, 4) is 5.75 Å². The van der Waals surface area contributed by atoms with Gasteiger partial charge in [0, 0.05) is 0 Å². The molecule has 1 amide bonds. The van der Waals surface area contributed by atoms with Gasteiger partial charge in [-0.25, -0.2) is 14.8 Å². The first kappa shape index (κ1) is 11.2. The molecule has 5 nitrogen and oxygen atoms in total. The van der Waals surface area contributed by atoms with E-state index in [1.165, 1.54) is 6.92 Å². The van der Waals surface area contributed by atoms with Crippen LogP contribution in [-0.2, 0) is 6.18 Å². The molecule has 0 saturated carbocycles. The number of ether oxygens (including phenoxy) is 1. The Bertz CT molecular complexity index is 392. The number of hydrogen-bond donors (Lipinski definition) is 1. The van der Waals surface area contributed by atoms with Crippen LogP contribution in [0.2, 0.25) is 0 Å². The van der Waals surface area contributed by atoms with E-state index in [2.05, 4.69) is 20.4 Å². The lowest BCUT2D eigenvalue weighted by molar-refractivity contribution is -0.142. The molecule has 1 rings (SSSR count). The number of rotatable bonds is 1. The largest absolute Gasteiger partial charge is 0.437 e. The van der Waals surface area contributed by atoms with Gasteiger partial charge in [0.1, 0.15) is 5.82 Å². The van der Waals surface area contributed by atoms with Crippen molar-refractivity contribution in [1.29, 1.82) is 0 Å². The van der Waals surface area contributed by atoms with E-state index in [1.54, 1.807) is 0 Å². The molecule has 0 bridgehead atoms. The molecule has 0 atom stereocenters. The van der Waals surface area contributed by atoms with E-state index in [4.69, 9.17) is 0 Å². The third-order valence-electron chi connectivity index (χ3n) is 1.35. The van der Waals surface area contributed by atoms with Gasteiger partial charge in [0.2, 0.25) is 0 Å². The number of primary amides is 1. The van der Waals surface area contributed by atoms with Gasteiger partial charge in [0.25, 0.3) is 0 Å². The Labute approximate surface area is 82.1 Å². The molecule has 0 radical (unpaired) electrons. The van der Waals surface area contributed by atoms with E-state index in [9.17, 15) is 18.0 Å². The molecule has 1 aromatic rings. The summed E-state index contributed by atoms with van der Waals surface area (Å²) in [5.41, 5.74) is 3.27. The van der Waals surface area contributed by atoms with Crippen LogP contribution in [0.25, 0.3) is 0 Å². The smallest absolute Gasteiger partial charge is 0.407 e. The zero-order chi connectivity index (χ0) is 11.6. The molecule has 82 valence electrons. The first-order valence-electron chi connectivity index (χ1n) is 3.69. The lowest BCUT2D eigenvalue weighted by Gasteiger charge is -2.10. The molecular weight excluding hydrogens is 215 g/mol. The van der Waals surface area contributed by atoms with Crippen molar-refractivity contribution >= 4 is 6.09 Å². The molecule has 0 spiro atoms. The second-order valence-electron chi connectivity index (χ2n) is 2.55. The molecule has 1 heterocycles. The third-order valence-corrected chi connectivity index (χ3v) is 1.35. The summed E-state index contributed by atoms with van der Waals surface area (Å²) in [5, 5.41) is 0. The Hall–Kier alpha value is -1.86. The van der Waals surface area contributed by atoms with Gasteiger partial charge in [0.15, 0.2) is 11.4 Å². The Morgan fingerprint density at radius 2 is 2.13 bits per heavy atom. The van der Waals surface area contributed by atoms with Crippen LogP contribution < -0.4 is 10.5 Å². The average Bonchev–Trinajstić information content (AvgIpc) is 2.05. The minimum absolute atomic E-state index is 0.0841. The van der Waals surface area contributed by atoms with Gasteiger partial charge < -0.3 is 10.5 Å². The molecule has 1 aromatic heterocycles. The summed E-state index contributed by atoms with van der Waals surface area (Å²) in [6.07, 6.45) is -5.33. The van der Waals surface area contributed by atoms with Gasteiger partial charge in [-0.1, -0.05) is 0 Å². The van der Waals surface area contributed by atoms with Gasteiger partial charge in [-0.2, -0.15) is 13.2 Å². The molecule has 0 aliphatic rings. The van der Waals surface area contributed by atoms with Crippen LogP contribution in [0.3, 0.4) is 0 Å². The Morgan fingerprint density at radius 3 is 2.60 bits per heavy atom. The number of alkyl halides is 3. The molecule has 0 aliphatic carbocycles. The van der Waals surface area contributed by atoms with Crippen molar-refractivity contribution in [2.75, 3.05) is 0 Å². The number of aromatic nitrogens is 2. The van der Waals surface area contributed by atoms with E-state index in [0.717, 1.165) is 6.20 Å². The van der Waals surface area contributed by atoms with Crippen molar-refractivity contribution in [3.63, 3.8) is 0 Å². The maximum absolute atomic E-state index is 12.4. The highest BCUT2D eigenvalue weighted by Crippen LogP contribution is 2.33. The van der Waals surface area contributed by atoms with Crippen LogP contribution in [0.5, 0.6) is 5.75 Å². The molecule has 0 aromatic carbocycles. The molecule has 2 N–H and O–H groups in total. The summed E-state index contributed by atoms with van der Waals surface area (Å²) in [5.74, 6) is -0.889. The van der Waals surface area contributed by atoms with Crippen LogP contribution in [0.1, 0.15) is 11.5 Å². The third kappa shape index (κ3) is 2.79. The first-order chi connectivity index (χ1) is 6.80. The minimum Gasteiger partial charge on any atom is -0.407 e. The maximum atomic E-state index is 12.4. The lowest BCUT2D eigenvalue weighted by atomic mass is 10.3. The zero-order valence-electron chi connectivity index (χ0n) is 7.50. The minimum atomic E-state index is -4.72. The van der Waals surface area contributed by atoms with Crippen LogP contribution in [0.15, 0.2) is 6.20 Å². The summed E-state index contributed by atoms with van der Waals surface area (Å²) >= 11 is 0. The highest BCUT2D eigenvalue weighted by molar-refractivity contribution is 5.68. The van der Waals surface area contributed by atoms with Gasteiger partial charge in [-0.15, -0.1) is 0 Å². The zero-order valence-corrected chi connectivity index (χ0v) is 7.50. The fourth-order valence-corrected chi connectivity index (χ4v) is 0.845. The molecule has 0 saturated heterocycles. The number of halogens is 3. The Balaban J connectivity index is 3.20. The second kappa shape index (κ2) is 3.71. The van der Waals surface area contributed by atoms with Crippen LogP contribution in [0, 0.1) is 6.92 Å². The number of carbonyl (C=O) groups excluding carboxylic acids is 1. The summed E-state index contributed by atoms with van der Waals surface area (Å²) in [6.45, 7) is 1.28. The number of nitrogens with two attached hydrogens (primary N) is 1. The molecular formula is C7H6F3N3O2. The molecule has 8 heteroatoms. The molecule has 0 unspecified atom stereocenters. The quantitative estimate of drug-likeness (QED) is 0.774. The number of amides is 1. The van der Waals surface area contributed by atoms with E-state index in [-0.39, 0.29) is 5.82 Å². The SMILES string of the molecule is Cc1ncc(OC(N)=O)c(C(F)(F)F)n1. The van der Waals surface area contributed by atoms with E-state index in [1.807, 2.05) is 0 Å². The van der Waals surface area contributed by atoms with E-state index in [0.29, 0.717) is 0 Å². The number of aryl methyl sites for hydroxylation is 1. The first-order valence-corrected chi connectivity index (χ1v) is 3.69. The summed E-state index contributed by atoms with van der Waals surface area (Å²) < 4.78 is 41.2. The highest BCUT2D eigenvalue weighted by atomic mass is 19.4. The Kier molecular flexibility index (Phi) is 2.78. The monoisotopic (exact) mass is 221 g/mol. The fraction of sp³-hybridized carbons (Fsp3) is 0.286. The van der Waals surface area contributed by atoms with E-state index >= 15 is 0 Å². The maximum Gasteiger partial charge on any atom is 0.437 e. The van der Waals surface area contributed by atoms with Crippen molar-refractivity contribution < 1.29 is 22.7 Å². The van der Waals surface area contributed by atoms with Crippen LogP contribution in [-0.4, -0.2) is 16.1 Å². The van der Waals surface area contributed by atoms with Crippen molar-refractivity contribution in [2.24, 2.45) is 5.73 Å². The predicted molar refractivity (Wildman–Crippen MR) is 42.0 cm³/mol.